The van der Waals surface area contributed by atoms with E-state index in [9.17, 15) is 0 Å². The molecule has 0 aliphatic carbocycles. The molecule has 0 saturated carbocycles. The molecule has 5 heteroatoms. The summed E-state index contributed by atoms with van der Waals surface area (Å²) >= 11 is 5.50. The maximum Gasteiger partial charge on any atom is 0.168 e. The molecule has 0 saturated heterocycles. The SMILES string of the molecule is C#CCC(CC(=S)Oc1ccccc1)N([Si](C)(C)C)[Si](C)(C)C. The molecule has 1 unspecified atom stereocenters. The lowest BCUT2D eigenvalue weighted by Crippen LogP contribution is -2.63. The van der Waals surface area contributed by atoms with Crippen LogP contribution in [-0.4, -0.2) is 31.8 Å². The summed E-state index contributed by atoms with van der Waals surface area (Å²) in [5, 5.41) is 0.623. The average Bonchev–Trinajstić information content (AvgIpc) is 2.36. The van der Waals surface area contributed by atoms with E-state index < -0.39 is 16.5 Å². The predicted octanol–water partition coefficient (Wildman–Crippen LogP) is 5.15. The predicted molar refractivity (Wildman–Crippen MR) is 110 cm³/mol. The van der Waals surface area contributed by atoms with Crippen LogP contribution < -0.4 is 4.74 Å². The highest BCUT2D eigenvalue weighted by molar-refractivity contribution is 7.80. The molecule has 1 aromatic rings. The molecule has 0 spiro atoms. The van der Waals surface area contributed by atoms with Crippen LogP contribution in [0.3, 0.4) is 0 Å². The highest BCUT2D eigenvalue weighted by atomic mass is 32.1. The molecule has 0 aliphatic rings. The van der Waals surface area contributed by atoms with Gasteiger partial charge in [0.05, 0.1) is 0 Å². The van der Waals surface area contributed by atoms with Gasteiger partial charge in [0.25, 0.3) is 0 Å². The number of ether oxygens (including phenoxy) is 1. The van der Waals surface area contributed by atoms with Crippen LogP contribution in [0.4, 0.5) is 0 Å². The van der Waals surface area contributed by atoms with E-state index in [-0.39, 0.29) is 6.04 Å². The van der Waals surface area contributed by atoms with E-state index in [0.717, 1.165) is 5.75 Å². The number of thiocarbonyl (C=S) groups is 1. The van der Waals surface area contributed by atoms with Gasteiger partial charge in [-0.05, 0) is 24.4 Å². The summed E-state index contributed by atoms with van der Waals surface area (Å²) in [5.74, 6) is 3.65. The van der Waals surface area contributed by atoms with E-state index in [1.807, 2.05) is 30.3 Å². The van der Waals surface area contributed by atoms with Gasteiger partial charge in [0.15, 0.2) is 5.05 Å². The van der Waals surface area contributed by atoms with Crippen LogP contribution in [0.5, 0.6) is 5.75 Å². The van der Waals surface area contributed by atoms with Crippen LogP contribution in [-0.2, 0) is 0 Å². The van der Waals surface area contributed by atoms with Crippen molar-refractivity contribution in [2.45, 2.75) is 58.2 Å². The fourth-order valence-corrected chi connectivity index (χ4v) is 14.2. The summed E-state index contributed by atoms with van der Waals surface area (Å²) in [6, 6.07) is 10.00. The van der Waals surface area contributed by atoms with Crippen molar-refractivity contribution in [2.75, 3.05) is 0 Å². The van der Waals surface area contributed by atoms with E-state index >= 15 is 0 Å². The zero-order chi connectivity index (χ0) is 17.7. The third-order valence-corrected chi connectivity index (χ3v) is 11.4. The number of hydrogen-bond acceptors (Lipinski definition) is 3. The van der Waals surface area contributed by atoms with Gasteiger partial charge in [-0.1, -0.05) is 57.5 Å². The number of terminal acetylenes is 1. The molecule has 0 fully saturated rings. The second-order valence-corrected chi connectivity index (χ2v) is 18.3. The highest BCUT2D eigenvalue weighted by Gasteiger charge is 2.39. The zero-order valence-electron chi connectivity index (χ0n) is 15.2. The van der Waals surface area contributed by atoms with Gasteiger partial charge in [0, 0.05) is 18.9 Å². The molecule has 0 aromatic heterocycles. The molecule has 0 bridgehead atoms. The number of para-hydroxylation sites is 1. The van der Waals surface area contributed by atoms with Crippen molar-refractivity contribution in [1.82, 2.24) is 4.23 Å². The molecule has 1 aromatic carbocycles. The number of rotatable bonds is 7. The molecular weight excluding hydrogens is 334 g/mol. The Morgan fingerprint density at radius 1 is 1.13 bits per heavy atom. The molecule has 0 amide bonds. The second-order valence-electron chi connectivity index (χ2n) is 7.76. The van der Waals surface area contributed by atoms with E-state index in [2.05, 4.69) is 49.4 Å². The van der Waals surface area contributed by atoms with Gasteiger partial charge < -0.3 is 8.97 Å². The zero-order valence-corrected chi connectivity index (χ0v) is 18.0. The molecule has 1 rings (SSSR count). The first-order chi connectivity index (χ1) is 10.6. The first-order valence-electron chi connectivity index (χ1n) is 8.04. The standard InChI is InChI=1S/C18H29NOSSi2/c1-8-12-16(19(22(2,3)4)23(5,6)7)15-18(21)20-17-13-10-9-11-14-17/h1,9-11,13-14,16H,12,15H2,2-7H3. The van der Waals surface area contributed by atoms with Crippen molar-refractivity contribution in [1.29, 1.82) is 0 Å². The van der Waals surface area contributed by atoms with Crippen LogP contribution in [0.1, 0.15) is 12.8 Å². The molecular formula is C18H29NOSSi2. The molecule has 0 heterocycles. The van der Waals surface area contributed by atoms with E-state index in [4.69, 9.17) is 23.4 Å². The quantitative estimate of drug-likeness (QED) is 0.378. The van der Waals surface area contributed by atoms with Crippen molar-refractivity contribution < 1.29 is 4.74 Å². The van der Waals surface area contributed by atoms with E-state index in [0.29, 0.717) is 17.9 Å². The van der Waals surface area contributed by atoms with Gasteiger partial charge in [-0.2, -0.15) is 0 Å². The lowest BCUT2D eigenvalue weighted by atomic mass is 10.2. The van der Waals surface area contributed by atoms with Gasteiger partial charge in [-0.3, -0.25) is 0 Å². The fraction of sp³-hybridized carbons (Fsp3) is 0.500. The Hall–Kier alpha value is -0.936. The fourth-order valence-electron chi connectivity index (χ4n) is 3.35. The van der Waals surface area contributed by atoms with Gasteiger partial charge in [-0.15, -0.1) is 12.3 Å². The highest BCUT2D eigenvalue weighted by Crippen LogP contribution is 2.27. The molecule has 23 heavy (non-hydrogen) atoms. The topological polar surface area (TPSA) is 12.5 Å². The minimum Gasteiger partial charge on any atom is -0.450 e. The Kier molecular flexibility index (Phi) is 7.21. The monoisotopic (exact) mass is 363 g/mol. The third kappa shape index (κ3) is 6.60. The largest absolute Gasteiger partial charge is 0.450 e. The smallest absolute Gasteiger partial charge is 0.168 e. The van der Waals surface area contributed by atoms with Crippen LogP contribution in [0.15, 0.2) is 30.3 Å². The van der Waals surface area contributed by atoms with Crippen LogP contribution in [0.25, 0.3) is 0 Å². The maximum atomic E-state index is 5.83. The summed E-state index contributed by atoms with van der Waals surface area (Å²) in [6.45, 7) is 14.3. The van der Waals surface area contributed by atoms with Crippen molar-refractivity contribution in [2.24, 2.45) is 0 Å². The summed E-state index contributed by atoms with van der Waals surface area (Å²) < 4.78 is 8.56. The maximum absolute atomic E-state index is 5.83. The van der Waals surface area contributed by atoms with Crippen LogP contribution in [0.2, 0.25) is 39.3 Å². The number of hydrogen-bond donors (Lipinski definition) is 0. The summed E-state index contributed by atoms with van der Waals surface area (Å²) in [7, 11) is -2.99. The molecule has 0 aliphatic heterocycles. The van der Waals surface area contributed by atoms with Gasteiger partial charge in [0.1, 0.15) is 22.2 Å². The normalized spacial score (nSPS) is 13.5. The molecule has 0 N–H and O–H groups in total. The Morgan fingerprint density at radius 3 is 2.09 bits per heavy atom. The van der Waals surface area contributed by atoms with E-state index in [1.54, 1.807) is 0 Å². The van der Waals surface area contributed by atoms with Crippen molar-refractivity contribution in [3.05, 3.63) is 30.3 Å². The minimum atomic E-state index is -1.50. The van der Waals surface area contributed by atoms with Crippen molar-refractivity contribution in [3.8, 4) is 18.1 Å². The summed E-state index contributed by atoms with van der Waals surface area (Å²) in [4.78, 5) is 0. The third-order valence-electron chi connectivity index (χ3n) is 3.54. The number of nitrogens with zero attached hydrogens (tertiary/aromatic N) is 1. The first kappa shape index (κ1) is 20.1. The Bertz CT molecular complexity index is 541. The summed E-state index contributed by atoms with van der Waals surface area (Å²) in [5.41, 5.74) is 0. The van der Waals surface area contributed by atoms with Crippen molar-refractivity contribution in [3.63, 3.8) is 0 Å². The lowest BCUT2D eigenvalue weighted by Gasteiger charge is -2.48. The summed E-state index contributed by atoms with van der Waals surface area (Å²) in [6.07, 6.45) is 7.08. The van der Waals surface area contributed by atoms with Gasteiger partial charge >= 0.3 is 0 Å². The molecule has 126 valence electrons. The average molecular weight is 364 g/mol. The van der Waals surface area contributed by atoms with Crippen molar-refractivity contribution >= 4 is 33.7 Å². The Labute approximate surface area is 149 Å². The van der Waals surface area contributed by atoms with Gasteiger partial charge in [0.2, 0.25) is 0 Å². The van der Waals surface area contributed by atoms with Crippen LogP contribution >= 0.6 is 12.2 Å². The molecule has 1 atom stereocenters. The number of benzene rings is 1. The van der Waals surface area contributed by atoms with Crippen LogP contribution in [0, 0.1) is 12.3 Å². The minimum absolute atomic E-state index is 0.273. The van der Waals surface area contributed by atoms with Gasteiger partial charge in [-0.25, -0.2) is 0 Å². The molecule has 2 nitrogen and oxygen atoms in total. The molecule has 0 radical (unpaired) electrons. The lowest BCUT2D eigenvalue weighted by molar-refractivity contribution is 0.434. The first-order valence-corrected chi connectivity index (χ1v) is 15.3. The Morgan fingerprint density at radius 2 is 1.65 bits per heavy atom. The Balaban J connectivity index is 2.92. The van der Waals surface area contributed by atoms with E-state index in [1.165, 1.54) is 0 Å². The second kappa shape index (κ2) is 8.25.